The Morgan fingerprint density at radius 3 is 2.27 bits per heavy atom. The van der Waals surface area contributed by atoms with Gasteiger partial charge >= 0.3 is 0 Å². The monoisotopic (exact) mass is 507 g/mol. The van der Waals surface area contributed by atoms with Crippen LogP contribution in [0.4, 0.5) is 0 Å². The van der Waals surface area contributed by atoms with Gasteiger partial charge < -0.3 is 9.47 Å². The number of methoxy groups -OCH3 is 2. The van der Waals surface area contributed by atoms with Crippen molar-refractivity contribution in [3.8, 4) is 39.8 Å². The van der Waals surface area contributed by atoms with E-state index in [1.165, 1.54) is 15.9 Å². The summed E-state index contributed by atoms with van der Waals surface area (Å²) < 4.78 is 14.4. The first-order chi connectivity index (χ1) is 18.1. The first-order valence-corrected chi connectivity index (χ1v) is 12.3. The summed E-state index contributed by atoms with van der Waals surface area (Å²) in [5.41, 5.74) is 4.01. The van der Waals surface area contributed by atoms with E-state index in [1.54, 1.807) is 26.4 Å². The quantitative estimate of drug-likeness (QED) is 0.335. The Morgan fingerprint density at radius 2 is 1.57 bits per heavy atom. The highest BCUT2D eigenvalue weighted by atomic mass is 32.1. The molecular formula is C28H21N5O3S. The molecular weight excluding hydrogens is 486 g/mol. The Morgan fingerprint density at radius 1 is 0.838 bits per heavy atom. The van der Waals surface area contributed by atoms with E-state index in [9.17, 15) is 4.79 Å². The van der Waals surface area contributed by atoms with Gasteiger partial charge in [-0.2, -0.15) is 14.6 Å². The van der Waals surface area contributed by atoms with Gasteiger partial charge in [0.2, 0.25) is 4.96 Å². The number of ether oxygens (including phenoxy) is 2. The van der Waals surface area contributed by atoms with Gasteiger partial charge in [0.25, 0.3) is 5.56 Å². The highest BCUT2D eigenvalue weighted by Gasteiger charge is 2.16. The molecule has 0 atom stereocenters. The Hall–Kier alpha value is -4.76. The Bertz CT molecular complexity index is 1820. The van der Waals surface area contributed by atoms with Crippen LogP contribution in [-0.4, -0.2) is 38.6 Å². The fourth-order valence-corrected chi connectivity index (χ4v) is 5.00. The minimum Gasteiger partial charge on any atom is -0.493 e. The van der Waals surface area contributed by atoms with Gasteiger partial charge in [-0.3, -0.25) is 4.79 Å². The zero-order valence-corrected chi connectivity index (χ0v) is 20.8. The highest BCUT2D eigenvalue weighted by Crippen LogP contribution is 2.31. The molecule has 0 saturated heterocycles. The van der Waals surface area contributed by atoms with Crippen LogP contribution in [0.25, 0.3) is 39.4 Å². The molecule has 0 spiro atoms. The van der Waals surface area contributed by atoms with Gasteiger partial charge in [0.05, 0.1) is 30.1 Å². The lowest BCUT2D eigenvalue weighted by Crippen LogP contribution is -2.23. The molecule has 0 aliphatic carbocycles. The van der Waals surface area contributed by atoms with Crippen LogP contribution in [0, 0.1) is 0 Å². The van der Waals surface area contributed by atoms with Crippen LogP contribution in [0.5, 0.6) is 11.5 Å². The van der Waals surface area contributed by atoms with Crippen molar-refractivity contribution in [2.75, 3.05) is 14.2 Å². The van der Waals surface area contributed by atoms with E-state index in [2.05, 4.69) is 10.1 Å². The average molecular weight is 508 g/mol. The molecule has 0 unspecified atom stereocenters. The summed E-state index contributed by atoms with van der Waals surface area (Å²) in [4.78, 5) is 18.4. The lowest BCUT2D eigenvalue weighted by atomic mass is 10.1. The summed E-state index contributed by atoms with van der Waals surface area (Å²) in [6, 6.07) is 25.2. The number of thiazole rings is 1. The number of fused-ring (bicyclic) bond motifs is 1. The van der Waals surface area contributed by atoms with E-state index < -0.39 is 0 Å². The van der Waals surface area contributed by atoms with Crippen molar-refractivity contribution in [1.29, 1.82) is 0 Å². The molecule has 0 radical (unpaired) electrons. The predicted octanol–water partition coefficient (Wildman–Crippen LogP) is 4.24. The van der Waals surface area contributed by atoms with Gasteiger partial charge in [-0.15, -0.1) is 5.10 Å². The Labute approximate surface area is 215 Å². The van der Waals surface area contributed by atoms with Crippen molar-refractivity contribution in [3.63, 3.8) is 0 Å². The zero-order valence-electron chi connectivity index (χ0n) is 20.0. The molecule has 0 aliphatic heterocycles. The van der Waals surface area contributed by atoms with Crippen LogP contribution in [0.3, 0.4) is 0 Å². The third-order valence-corrected chi connectivity index (χ3v) is 6.88. The highest BCUT2D eigenvalue weighted by molar-refractivity contribution is 7.15. The largest absolute Gasteiger partial charge is 0.493 e. The van der Waals surface area contributed by atoms with Crippen LogP contribution in [0.2, 0.25) is 0 Å². The molecule has 182 valence electrons. The fourth-order valence-electron chi connectivity index (χ4n) is 4.10. The van der Waals surface area contributed by atoms with Crippen molar-refractivity contribution >= 4 is 22.4 Å². The molecule has 3 heterocycles. The molecule has 6 rings (SSSR count). The maximum atomic E-state index is 13.3. The molecule has 9 heteroatoms. The molecule has 0 saturated carbocycles. The standard InChI is InChI=1S/C28H21N5O3S/c1-35-22-14-13-19(15-23(22)36-2)26-29-28-33(31-26)27(34)24(37-28)16-20-17-32(21-11-7-4-8-12-21)30-25(20)18-9-5-3-6-10-18/h3-17H,1-2H3/b24-16-. The van der Waals surface area contributed by atoms with Gasteiger partial charge in [-0.25, -0.2) is 4.68 Å². The summed E-state index contributed by atoms with van der Waals surface area (Å²) >= 11 is 1.29. The van der Waals surface area contributed by atoms with Crippen molar-refractivity contribution in [2.45, 2.75) is 0 Å². The van der Waals surface area contributed by atoms with Crippen LogP contribution < -0.4 is 19.6 Å². The topological polar surface area (TPSA) is 83.5 Å². The number of nitrogens with zero attached hydrogens (tertiary/aromatic N) is 5. The SMILES string of the molecule is COc1ccc(-c2nc3s/c(=C\c4cn(-c5ccccc5)nc4-c4ccccc4)c(=O)n3n2)cc1OC. The van der Waals surface area contributed by atoms with E-state index in [0.717, 1.165) is 28.1 Å². The summed E-state index contributed by atoms with van der Waals surface area (Å²) in [5.74, 6) is 1.62. The average Bonchev–Trinajstić information content (AvgIpc) is 3.64. The third-order valence-electron chi connectivity index (χ3n) is 5.92. The van der Waals surface area contributed by atoms with E-state index in [-0.39, 0.29) is 5.56 Å². The number of aromatic nitrogens is 5. The van der Waals surface area contributed by atoms with Crippen molar-refractivity contribution in [3.05, 3.63) is 106 Å². The van der Waals surface area contributed by atoms with Crippen LogP contribution in [-0.2, 0) is 0 Å². The Kier molecular flexibility index (Phi) is 5.74. The summed E-state index contributed by atoms with van der Waals surface area (Å²) in [7, 11) is 3.15. The zero-order chi connectivity index (χ0) is 25.4. The molecule has 0 fully saturated rings. The minimum absolute atomic E-state index is 0.231. The van der Waals surface area contributed by atoms with Crippen LogP contribution >= 0.6 is 11.3 Å². The number of para-hydroxylation sites is 1. The van der Waals surface area contributed by atoms with E-state index >= 15 is 0 Å². The number of hydrogen-bond donors (Lipinski definition) is 0. The molecule has 6 aromatic rings. The van der Waals surface area contributed by atoms with Gasteiger partial charge in [-0.05, 0) is 36.4 Å². The molecule has 8 nitrogen and oxygen atoms in total. The molecule has 37 heavy (non-hydrogen) atoms. The smallest absolute Gasteiger partial charge is 0.291 e. The van der Waals surface area contributed by atoms with Crippen molar-refractivity contribution in [2.24, 2.45) is 0 Å². The van der Waals surface area contributed by atoms with Gasteiger partial charge in [0.15, 0.2) is 17.3 Å². The maximum absolute atomic E-state index is 13.3. The lowest BCUT2D eigenvalue weighted by molar-refractivity contribution is 0.355. The molecule has 0 N–H and O–H groups in total. The van der Waals surface area contributed by atoms with E-state index in [4.69, 9.17) is 14.6 Å². The van der Waals surface area contributed by atoms with E-state index in [1.807, 2.05) is 83.7 Å². The molecule has 3 aromatic heterocycles. The summed E-state index contributed by atoms with van der Waals surface area (Å²) in [6.45, 7) is 0. The van der Waals surface area contributed by atoms with Gasteiger partial charge in [0.1, 0.15) is 0 Å². The van der Waals surface area contributed by atoms with Crippen molar-refractivity contribution in [1.82, 2.24) is 24.4 Å². The normalized spacial score (nSPS) is 11.8. The molecule has 0 aliphatic rings. The Balaban J connectivity index is 1.45. The van der Waals surface area contributed by atoms with Crippen molar-refractivity contribution < 1.29 is 9.47 Å². The third kappa shape index (κ3) is 4.15. The molecule has 0 bridgehead atoms. The van der Waals surface area contributed by atoms with E-state index in [0.29, 0.717) is 26.8 Å². The first kappa shape index (κ1) is 22.7. The number of hydrogen-bond acceptors (Lipinski definition) is 7. The molecule has 0 amide bonds. The summed E-state index contributed by atoms with van der Waals surface area (Å²) in [5, 5.41) is 9.31. The number of rotatable bonds is 6. The number of benzene rings is 3. The second-order valence-corrected chi connectivity index (χ2v) is 9.20. The minimum atomic E-state index is -0.231. The van der Waals surface area contributed by atoms with Crippen LogP contribution in [0.1, 0.15) is 5.56 Å². The second-order valence-electron chi connectivity index (χ2n) is 8.19. The van der Waals surface area contributed by atoms with Gasteiger partial charge in [0, 0.05) is 22.9 Å². The van der Waals surface area contributed by atoms with Gasteiger partial charge in [-0.1, -0.05) is 59.9 Å². The lowest BCUT2D eigenvalue weighted by Gasteiger charge is -2.07. The summed E-state index contributed by atoms with van der Waals surface area (Å²) in [6.07, 6.45) is 3.79. The fraction of sp³-hybridized carbons (Fsp3) is 0.0714. The van der Waals surface area contributed by atoms with Crippen LogP contribution in [0.15, 0.2) is 89.9 Å². The predicted molar refractivity (Wildman–Crippen MR) is 143 cm³/mol. The molecule has 3 aromatic carbocycles. The maximum Gasteiger partial charge on any atom is 0.291 e. The second kappa shape index (κ2) is 9.36. The first-order valence-electron chi connectivity index (χ1n) is 11.5.